The van der Waals surface area contributed by atoms with E-state index in [1.54, 1.807) is 6.92 Å². The Hall–Kier alpha value is -0.780. The van der Waals surface area contributed by atoms with Crippen molar-refractivity contribution >= 4 is 46.9 Å². The normalized spacial score (nSPS) is 17.9. The van der Waals surface area contributed by atoms with E-state index in [1.807, 2.05) is 0 Å². The molecule has 37 heteroatoms. The fourth-order valence-electron chi connectivity index (χ4n) is 1.85. The van der Waals surface area contributed by atoms with E-state index in [9.17, 15) is 14.7 Å². The van der Waals surface area contributed by atoms with Crippen LogP contribution in [0.15, 0.2) is 15.8 Å². The summed E-state index contributed by atoms with van der Waals surface area (Å²) in [6, 6.07) is 0. The molecule has 0 aromatic carbocycles. The van der Waals surface area contributed by atoms with Crippen molar-refractivity contribution < 1.29 is 130 Å². The Morgan fingerprint density at radius 1 is 0.660 bits per heavy atom. The summed E-state index contributed by atoms with van der Waals surface area (Å²) in [7, 11) is -27.8. The minimum Gasteiger partial charge on any atom is -0.394 e. The molecule has 0 radical (unpaired) electrons. The van der Waals surface area contributed by atoms with Crippen LogP contribution in [0, 0.1) is 6.92 Å². The lowest BCUT2D eigenvalue weighted by molar-refractivity contribution is -0.0459. The highest BCUT2D eigenvalue weighted by atomic mass is 31.2. The zero-order valence-corrected chi connectivity index (χ0v) is 27.8. The molecule has 0 spiro atoms. The van der Waals surface area contributed by atoms with E-state index in [1.165, 1.54) is 10.8 Å². The minimum absolute atomic E-state index is 0.205. The first-order valence-electron chi connectivity index (χ1n) is 9.99. The molecule has 1 fully saturated rings. The molecule has 3 atom stereocenters. The number of aromatic amines is 1. The van der Waals surface area contributed by atoms with E-state index in [0.717, 1.165) is 0 Å². The number of aromatic nitrogens is 2. The van der Waals surface area contributed by atoms with Gasteiger partial charge in [0.15, 0.2) is 0 Å². The van der Waals surface area contributed by atoms with Crippen molar-refractivity contribution in [2.24, 2.45) is 0 Å². The van der Waals surface area contributed by atoms with Gasteiger partial charge in [0.1, 0.15) is 12.3 Å². The predicted molar refractivity (Wildman–Crippen MR) is 143 cm³/mol. The summed E-state index contributed by atoms with van der Waals surface area (Å²) in [4.78, 5) is 154. The standard InChI is InChI=1S/C10H14N2O5.6H3O4P/c1-5-3-12(10(16)11-9(5)15)8-2-6(14)7(4-13)17-8;6*1-5(2,3)4/h3,6-8,13-14H,2,4H2,1H3,(H,11,15,16);6*(H3,1,2,3,4)/t6-,7+,8+;;;;;;/m0....../s1. The van der Waals surface area contributed by atoms with Crippen LogP contribution < -0.4 is 11.2 Å². The highest BCUT2D eigenvalue weighted by molar-refractivity contribution is 7.46. The van der Waals surface area contributed by atoms with Gasteiger partial charge in [0.05, 0.1) is 12.7 Å². The van der Waals surface area contributed by atoms with Gasteiger partial charge in [0.25, 0.3) is 5.56 Å². The third-order valence-corrected chi connectivity index (χ3v) is 2.84. The fraction of sp³-hybridized carbons (Fsp3) is 0.600. The summed E-state index contributed by atoms with van der Waals surface area (Å²) >= 11 is 0. The first-order chi connectivity index (χ1) is 20.0. The van der Waals surface area contributed by atoms with Crippen molar-refractivity contribution in [1.82, 2.24) is 9.55 Å². The van der Waals surface area contributed by atoms with Crippen LogP contribution in [-0.2, 0) is 32.1 Å². The Bertz CT molecular complexity index is 1210. The molecule has 1 aliphatic heterocycles. The molecular formula is C10H32N2O29P6. The Morgan fingerprint density at radius 2 is 0.915 bits per heavy atom. The lowest BCUT2D eigenvalue weighted by Crippen LogP contribution is -2.33. The van der Waals surface area contributed by atoms with Gasteiger partial charge in [-0.05, 0) is 6.92 Å². The van der Waals surface area contributed by atoms with E-state index in [4.69, 9.17) is 125 Å². The molecule has 2 rings (SSSR count). The number of aliphatic hydroxyl groups excluding tert-OH is 2. The average Bonchev–Trinajstić information content (AvgIpc) is 3.03. The van der Waals surface area contributed by atoms with Crippen molar-refractivity contribution in [3.05, 3.63) is 32.6 Å². The molecule has 0 unspecified atom stereocenters. The number of H-pyrrole nitrogens is 1. The van der Waals surface area contributed by atoms with E-state index >= 15 is 0 Å². The van der Waals surface area contributed by atoms with Crippen LogP contribution in [-0.4, -0.2) is 127 Å². The van der Waals surface area contributed by atoms with E-state index in [-0.39, 0.29) is 13.0 Å². The van der Waals surface area contributed by atoms with E-state index in [2.05, 4.69) is 4.98 Å². The van der Waals surface area contributed by atoms with Crippen LogP contribution in [0.1, 0.15) is 18.2 Å². The molecule has 1 aromatic heterocycles. The Morgan fingerprint density at radius 3 is 1.13 bits per heavy atom. The van der Waals surface area contributed by atoms with E-state index < -0.39 is 76.6 Å². The smallest absolute Gasteiger partial charge is 0.394 e. The third-order valence-electron chi connectivity index (χ3n) is 2.84. The molecule has 0 aliphatic carbocycles. The van der Waals surface area contributed by atoms with Gasteiger partial charge in [-0.3, -0.25) is 14.3 Å². The summed E-state index contributed by atoms with van der Waals surface area (Å²) in [6.45, 7) is 1.26. The van der Waals surface area contributed by atoms with Gasteiger partial charge in [0, 0.05) is 18.2 Å². The van der Waals surface area contributed by atoms with Gasteiger partial charge in [-0.2, -0.15) is 0 Å². The van der Waals surface area contributed by atoms with Crippen molar-refractivity contribution in [2.45, 2.75) is 31.8 Å². The topological polar surface area (TPSA) is 571 Å². The monoisotopic (exact) mass is 830 g/mol. The largest absolute Gasteiger partial charge is 0.466 e. The van der Waals surface area contributed by atoms with Gasteiger partial charge < -0.3 is 103 Å². The summed E-state index contributed by atoms with van der Waals surface area (Å²) in [5.74, 6) is 0. The number of aryl methyl sites for hydroxylation is 1. The second-order valence-electron chi connectivity index (χ2n) is 7.17. The third kappa shape index (κ3) is 76.5. The predicted octanol–water partition coefficient (Wildman–Crippen LogP) is -7.09. The summed E-state index contributed by atoms with van der Waals surface area (Å²) in [5.41, 5.74) is -0.643. The number of nitrogens with zero attached hydrogens (tertiary/aromatic N) is 1. The lowest BCUT2D eigenvalue weighted by atomic mass is 10.2. The number of ether oxygens (including phenoxy) is 1. The minimum atomic E-state index is -4.64. The number of rotatable bonds is 2. The summed E-state index contributed by atoms with van der Waals surface area (Å²) in [5, 5.41) is 18.5. The van der Waals surface area contributed by atoms with Gasteiger partial charge in [-0.15, -0.1) is 0 Å². The maximum atomic E-state index is 11.6. The van der Waals surface area contributed by atoms with Crippen molar-refractivity contribution in [3.8, 4) is 0 Å². The molecule has 1 aromatic rings. The van der Waals surface area contributed by atoms with Crippen molar-refractivity contribution in [3.63, 3.8) is 0 Å². The molecule has 31 nitrogen and oxygen atoms in total. The summed E-state index contributed by atoms with van der Waals surface area (Å²) in [6.07, 6.45) is -0.581. The molecule has 1 aliphatic rings. The molecule has 2 heterocycles. The van der Waals surface area contributed by atoms with Gasteiger partial charge >= 0.3 is 52.6 Å². The molecule has 1 saturated heterocycles. The molecule has 0 amide bonds. The maximum Gasteiger partial charge on any atom is 0.466 e. The molecule has 0 saturated carbocycles. The SMILES string of the molecule is Cc1cn([C@H]2C[C@H](O)[C@@H](CO)O2)c(=O)[nH]c1=O.O=P(O)(O)O.O=P(O)(O)O.O=P(O)(O)O.O=P(O)(O)O.O=P(O)(O)O.O=P(O)(O)O. The zero-order valence-electron chi connectivity index (χ0n) is 22.5. The van der Waals surface area contributed by atoms with Gasteiger partial charge in [-0.1, -0.05) is 0 Å². The first-order valence-corrected chi connectivity index (χ1v) is 19.4. The van der Waals surface area contributed by atoms with E-state index in [0.29, 0.717) is 5.56 Å². The number of nitrogens with one attached hydrogen (secondary N) is 1. The highest BCUT2D eigenvalue weighted by Gasteiger charge is 2.35. The summed E-state index contributed by atoms with van der Waals surface area (Å²) < 4.78 is 59.8. The van der Waals surface area contributed by atoms with Crippen LogP contribution in [0.5, 0.6) is 0 Å². The number of hydrogen-bond acceptors (Lipinski definition) is 11. The van der Waals surface area contributed by atoms with Crippen LogP contribution in [0.4, 0.5) is 0 Å². The Labute approximate surface area is 258 Å². The Kier molecular flexibility index (Phi) is 27.9. The van der Waals surface area contributed by atoms with Gasteiger partial charge in [0.2, 0.25) is 0 Å². The Balaban J connectivity index is -0.000000164. The molecular weight excluding hydrogens is 798 g/mol. The molecule has 21 N–H and O–H groups in total. The van der Waals surface area contributed by atoms with Crippen molar-refractivity contribution in [2.75, 3.05) is 6.61 Å². The van der Waals surface area contributed by atoms with Crippen LogP contribution in [0.25, 0.3) is 0 Å². The second-order valence-corrected chi connectivity index (χ2v) is 13.3. The van der Waals surface area contributed by atoms with Crippen LogP contribution >= 0.6 is 46.9 Å². The van der Waals surface area contributed by atoms with Crippen LogP contribution in [0.2, 0.25) is 0 Å². The lowest BCUT2D eigenvalue weighted by Gasteiger charge is -2.14. The molecule has 286 valence electrons. The second kappa shape index (κ2) is 23.6. The highest BCUT2D eigenvalue weighted by Crippen LogP contribution is 2.29. The molecule has 47 heavy (non-hydrogen) atoms. The quantitative estimate of drug-likeness (QED) is 0.123. The zero-order chi connectivity index (χ0) is 39.6. The average molecular weight is 830 g/mol. The van der Waals surface area contributed by atoms with Crippen molar-refractivity contribution in [1.29, 1.82) is 0 Å². The maximum absolute atomic E-state index is 11.6. The molecule has 0 bridgehead atoms. The van der Waals surface area contributed by atoms with Crippen LogP contribution in [0.3, 0.4) is 0 Å². The number of aliphatic hydroxyl groups is 2. The van der Waals surface area contributed by atoms with Gasteiger partial charge in [-0.25, -0.2) is 32.2 Å². The first kappa shape index (κ1) is 55.6. The number of phosphoric acid groups is 6. The fourth-order valence-corrected chi connectivity index (χ4v) is 1.85. The number of hydrogen-bond donors (Lipinski definition) is 21.